The second-order valence-electron chi connectivity index (χ2n) is 3.44. The van der Waals surface area contributed by atoms with E-state index in [-0.39, 0.29) is 19.8 Å². The SMILES string of the molecule is C1=C[CH-]CC=C1.[Os].[c-]1ccccc1.[c-]1ccccc1. The van der Waals surface area contributed by atoms with E-state index < -0.39 is 0 Å². The van der Waals surface area contributed by atoms with Crippen LogP contribution in [0.3, 0.4) is 0 Å². The van der Waals surface area contributed by atoms with Gasteiger partial charge in [-0.25, -0.2) is 18.6 Å². The molecule has 1 heteroatoms. The Balaban J connectivity index is 0.000000249. The van der Waals surface area contributed by atoms with Crippen molar-refractivity contribution >= 4 is 0 Å². The second kappa shape index (κ2) is 14.5. The van der Waals surface area contributed by atoms with E-state index >= 15 is 0 Å². The van der Waals surface area contributed by atoms with Gasteiger partial charge in [-0.3, -0.25) is 0 Å². The monoisotopic (exact) mass is 425 g/mol. The third-order valence-corrected chi connectivity index (χ3v) is 1.98. The van der Waals surface area contributed by atoms with Crippen LogP contribution < -0.4 is 0 Å². The molecule has 1 aliphatic carbocycles. The van der Waals surface area contributed by atoms with Gasteiger partial charge in [-0.2, -0.15) is 72.8 Å². The Hall–Kier alpha value is -1.57. The van der Waals surface area contributed by atoms with Gasteiger partial charge in [0.05, 0.1) is 0 Å². The summed E-state index contributed by atoms with van der Waals surface area (Å²) >= 11 is 0. The first-order chi connectivity index (χ1) is 9.00. The molecule has 0 N–H and O–H groups in total. The van der Waals surface area contributed by atoms with Crippen molar-refractivity contribution in [3.8, 4) is 0 Å². The molecule has 0 nitrogen and oxygen atoms in total. The minimum Gasteiger partial charge on any atom is -0.228 e. The van der Waals surface area contributed by atoms with Crippen LogP contribution in [-0.2, 0) is 19.8 Å². The summed E-state index contributed by atoms with van der Waals surface area (Å²) in [5.74, 6) is 0. The molecule has 19 heavy (non-hydrogen) atoms. The van der Waals surface area contributed by atoms with E-state index in [0.717, 1.165) is 6.42 Å². The maximum absolute atomic E-state index is 2.89. The summed E-state index contributed by atoms with van der Waals surface area (Å²) in [7, 11) is 0. The zero-order valence-electron chi connectivity index (χ0n) is 10.7. The summed E-state index contributed by atoms with van der Waals surface area (Å²) in [4.78, 5) is 0. The summed E-state index contributed by atoms with van der Waals surface area (Å²) in [6, 6.07) is 25.0. The molecule has 0 heterocycles. The number of allylic oxidation sites excluding steroid dienone is 4. The van der Waals surface area contributed by atoms with Crippen molar-refractivity contribution < 1.29 is 19.8 Å². The third-order valence-electron chi connectivity index (χ3n) is 1.98. The van der Waals surface area contributed by atoms with Crippen molar-refractivity contribution in [2.75, 3.05) is 0 Å². The predicted octanol–water partition coefficient (Wildman–Crippen LogP) is 4.68. The van der Waals surface area contributed by atoms with Gasteiger partial charge in [-0.15, -0.1) is 12.2 Å². The summed E-state index contributed by atoms with van der Waals surface area (Å²) in [6.45, 7) is 0. The van der Waals surface area contributed by atoms with Gasteiger partial charge in [0.15, 0.2) is 0 Å². The number of rotatable bonds is 0. The minimum absolute atomic E-state index is 0. The Bertz CT molecular complexity index is 321. The topological polar surface area (TPSA) is 0 Å². The van der Waals surface area contributed by atoms with Crippen LogP contribution in [-0.4, -0.2) is 0 Å². The zero-order chi connectivity index (χ0) is 12.7. The van der Waals surface area contributed by atoms with Gasteiger partial charge in [0, 0.05) is 19.8 Å². The Labute approximate surface area is 129 Å². The van der Waals surface area contributed by atoms with Crippen LogP contribution in [0.15, 0.2) is 85.0 Å². The summed E-state index contributed by atoms with van der Waals surface area (Å²) in [6.07, 6.45) is 11.5. The molecular formula is C18H17Os-3. The van der Waals surface area contributed by atoms with Crippen LogP contribution >= 0.6 is 0 Å². The van der Waals surface area contributed by atoms with E-state index in [0.29, 0.717) is 0 Å². The van der Waals surface area contributed by atoms with Gasteiger partial charge < -0.3 is 0 Å². The van der Waals surface area contributed by atoms with Crippen LogP contribution in [0.4, 0.5) is 0 Å². The summed E-state index contributed by atoms with van der Waals surface area (Å²) in [5.41, 5.74) is 0. The maximum atomic E-state index is 2.89. The third kappa shape index (κ3) is 12.7. The molecule has 0 aromatic heterocycles. The van der Waals surface area contributed by atoms with Crippen molar-refractivity contribution in [2.45, 2.75) is 6.42 Å². The zero-order valence-corrected chi connectivity index (χ0v) is 13.3. The summed E-state index contributed by atoms with van der Waals surface area (Å²) in [5, 5.41) is 0. The van der Waals surface area contributed by atoms with Crippen molar-refractivity contribution in [1.29, 1.82) is 0 Å². The smallest absolute Gasteiger partial charge is 0 e. The van der Waals surface area contributed by atoms with Crippen LogP contribution in [0.25, 0.3) is 0 Å². The molecular weight excluding hydrogens is 406 g/mol. The minimum atomic E-state index is 0. The second-order valence-corrected chi connectivity index (χ2v) is 3.44. The fourth-order valence-corrected chi connectivity index (χ4v) is 1.14. The van der Waals surface area contributed by atoms with E-state index in [1.807, 2.05) is 66.7 Å². The van der Waals surface area contributed by atoms with Crippen LogP contribution in [0.1, 0.15) is 6.42 Å². The number of hydrogen-bond donors (Lipinski definition) is 0. The fraction of sp³-hybridized carbons (Fsp3) is 0.0556. The van der Waals surface area contributed by atoms with E-state index in [2.05, 4.69) is 36.8 Å². The molecule has 0 spiro atoms. The van der Waals surface area contributed by atoms with Crippen LogP contribution in [0.5, 0.6) is 0 Å². The Morgan fingerprint density at radius 1 is 0.684 bits per heavy atom. The van der Waals surface area contributed by atoms with E-state index in [4.69, 9.17) is 0 Å². The van der Waals surface area contributed by atoms with Gasteiger partial charge in [0.25, 0.3) is 0 Å². The standard InChI is InChI=1S/C6H7.2C6H5.Os/c3*1-2-4-6-5-3-1;/h1-5H,6H2;2*1-5H;/q3*-1;. The van der Waals surface area contributed by atoms with Gasteiger partial charge >= 0.3 is 0 Å². The van der Waals surface area contributed by atoms with Gasteiger partial charge in [0.2, 0.25) is 0 Å². The molecule has 100 valence electrons. The first-order valence-electron chi connectivity index (χ1n) is 5.97. The van der Waals surface area contributed by atoms with E-state index in [1.165, 1.54) is 0 Å². The molecule has 0 radical (unpaired) electrons. The Morgan fingerprint density at radius 2 is 1.21 bits per heavy atom. The molecule has 2 aromatic rings. The van der Waals surface area contributed by atoms with Gasteiger partial charge in [0.1, 0.15) is 0 Å². The van der Waals surface area contributed by atoms with Gasteiger partial charge in [-0.05, 0) is 0 Å². The quantitative estimate of drug-likeness (QED) is 0.540. The molecule has 0 bridgehead atoms. The van der Waals surface area contributed by atoms with E-state index in [1.54, 1.807) is 0 Å². The summed E-state index contributed by atoms with van der Waals surface area (Å²) < 4.78 is 0. The first kappa shape index (κ1) is 17.4. The molecule has 0 atom stereocenters. The average molecular weight is 424 g/mol. The fourth-order valence-electron chi connectivity index (χ4n) is 1.14. The largest absolute Gasteiger partial charge is 0.228 e. The van der Waals surface area contributed by atoms with Gasteiger partial charge in [-0.1, -0.05) is 6.42 Å². The molecule has 0 saturated heterocycles. The van der Waals surface area contributed by atoms with Crippen LogP contribution in [0.2, 0.25) is 0 Å². The van der Waals surface area contributed by atoms with Crippen molar-refractivity contribution in [3.05, 3.63) is 104 Å². The molecule has 0 fully saturated rings. The maximum Gasteiger partial charge on any atom is 0 e. The van der Waals surface area contributed by atoms with Crippen molar-refractivity contribution in [1.82, 2.24) is 0 Å². The van der Waals surface area contributed by atoms with E-state index in [9.17, 15) is 0 Å². The predicted molar refractivity (Wildman–Crippen MR) is 77.8 cm³/mol. The molecule has 0 aliphatic heterocycles. The molecule has 0 saturated carbocycles. The Kier molecular flexibility index (Phi) is 13.3. The first-order valence-corrected chi connectivity index (χ1v) is 5.97. The molecule has 3 rings (SSSR count). The molecule has 0 unspecified atom stereocenters. The molecule has 2 aromatic carbocycles. The van der Waals surface area contributed by atoms with Crippen molar-refractivity contribution in [3.63, 3.8) is 0 Å². The molecule has 0 amide bonds. The number of benzene rings is 2. The average Bonchev–Trinajstić information content (AvgIpc) is 2.54. The normalized spacial score (nSPS) is 10.5. The molecule has 1 aliphatic rings. The van der Waals surface area contributed by atoms with Crippen molar-refractivity contribution in [2.24, 2.45) is 0 Å². The van der Waals surface area contributed by atoms with Crippen LogP contribution in [0, 0.1) is 18.6 Å². The Morgan fingerprint density at radius 3 is 1.32 bits per heavy atom. The number of hydrogen-bond acceptors (Lipinski definition) is 0.